The minimum Gasteiger partial charge on any atom is -0.481 e. The lowest BCUT2D eigenvalue weighted by atomic mass is 9.97. The largest absolute Gasteiger partial charge is 0.481 e. The van der Waals surface area contributed by atoms with E-state index in [2.05, 4.69) is 4.74 Å². The van der Waals surface area contributed by atoms with Gasteiger partial charge < -0.3 is 20.5 Å². The molecule has 1 amide bonds. The number of esters is 1. The SMILES string of the molecule is COC(=O)CC1CCCCN1C(=O)C(N)CCC(=O)O. The average molecular weight is 286 g/mol. The fourth-order valence-corrected chi connectivity index (χ4v) is 2.39. The molecule has 0 saturated carbocycles. The number of ether oxygens (including phenoxy) is 1. The van der Waals surface area contributed by atoms with E-state index in [1.165, 1.54) is 7.11 Å². The predicted molar refractivity (Wildman–Crippen MR) is 70.8 cm³/mol. The Balaban J connectivity index is 2.61. The summed E-state index contributed by atoms with van der Waals surface area (Å²) in [5, 5.41) is 8.62. The molecule has 2 unspecified atom stereocenters. The highest BCUT2D eigenvalue weighted by Gasteiger charge is 2.31. The van der Waals surface area contributed by atoms with Crippen molar-refractivity contribution in [3.05, 3.63) is 0 Å². The molecule has 0 aliphatic carbocycles. The van der Waals surface area contributed by atoms with Crippen molar-refractivity contribution in [3.8, 4) is 0 Å². The summed E-state index contributed by atoms with van der Waals surface area (Å²) in [5.41, 5.74) is 5.75. The molecule has 1 rings (SSSR count). The van der Waals surface area contributed by atoms with Crippen LogP contribution in [0.1, 0.15) is 38.5 Å². The van der Waals surface area contributed by atoms with Gasteiger partial charge in [-0.15, -0.1) is 0 Å². The quantitative estimate of drug-likeness (QED) is 0.671. The molecule has 7 nitrogen and oxygen atoms in total. The second kappa shape index (κ2) is 7.84. The molecular formula is C13H22N2O5. The van der Waals surface area contributed by atoms with E-state index in [9.17, 15) is 14.4 Å². The Kier molecular flexibility index (Phi) is 6.44. The number of carbonyl (C=O) groups excluding carboxylic acids is 2. The summed E-state index contributed by atoms with van der Waals surface area (Å²) in [7, 11) is 1.32. The molecule has 1 aliphatic heterocycles. The molecular weight excluding hydrogens is 264 g/mol. The summed E-state index contributed by atoms with van der Waals surface area (Å²) in [6.07, 6.45) is 2.70. The zero-order valence-corrected chi connectivity index (χ0v) is 11.7. The first-order valence-corrected chi connectivity index (χ1v) is 6.80. The van der Waals surface area contributed by atoms with E-state index < -0.39 is 12.0 Å². The van der Waals surface area contributed by atoms with Crippen molar-refractivity contribution in [1.82, 2.24) is 4.90 Å². The average Bonchev–Trinajstić information content (AvgIpc) is 2.44. The number of carboxylic acids is 1. The predicted octanol–water partition coefficient (Wildman–Crippen LogP) is 0.123. The van der Waals surface area contributed by atoms with Crippen LogP contribution in [-0.2, 0) is 19.1 Å². The van der Waals surface area contributed by atoms with Crippen LogP contribution < -0.4 is 5.73 Å². The highest BCUT2D eigenvalue weighted by Crippen LogP contribution is 2.21. The van der Waals surface area contributed by atoms with Crippen LogP contribution in [0.4, 0.5) is 0 Å². The number of rotatable bonds is 6. The van der Waals surface area contributed by atoms with E-state index in [0.717, 1.165) is 19.3 Å². The van der Waals surface area contributed by atoms with Gasteiger partial charge in [0.05, 0.1) is 19.6 Å². The number of hydrogen-bond donors (Lipinski definition) is 2. The molecule has 3 N–H and O–H groups in total. The molecule has 20 heavy (non-hydrogen) atoms. The van der Waals surface area contributed by atoms with Gasteiger partial charge in [0.1, 0.15) is 0 Å². The molecule has 114 valence electrons. The number of likely N-dealkylation sites (tertiary alicyclic amines) is 1. The third-order valence-corrected chi connectivity index (χ3v) is 3.53. The number of carbonyl (C=O) groups is 3. The minimum absolute atomic E-state index is 0.107. The first kappa shape index (κ1) is 16.4. The summed E-state index contributed by atoms with van der Waals surface area (Å²) < 4.78 is 4.63. The Morgan fingerprint density at radius 3 is 2.70 bits per heavy atom. The highest BCUT2D eigenvalue weighted by molar-refractivity contribution is 5.83. The lowest BCUT2D eigenvalue weighted by molar-refractivity contribution is -0.145. The zero-order valence-electron chi connectivity index (χ0n) is 11.7. The maximum atomic E-state index is 12.2. The minimum atomic E-state index is -0.974. The number of carboxylic acid groups (broad SMARTS) is 1. The lowest BCUT2D eigenvalue weighted by Gasteiger charge is -2.36. The molecule has 2 atom stereocenters. The van der Waals surface area contributed by atoms with Crippen molar-refractivity contribution in [2.75, 3.05) is 13.7 Å². The normalized spacial score (nSPS) is 20.3. The van der Waals surface area contributed by atoms with E-state index in [0.29, 0.717) is 6.54 Å². The molecule has 0 spiro atoms. The maximum Gasteiger partial charge on any atom is 0.307 e. The molecule has 1 saturated heterocycles. The van der Waals surface area contributed by atoms with Crippen LogP contribution in [0, 0.1) is 0 Å². The Labute approximate surface area is 118 Å². The van der Waals surface area contributed by atoms with Gasteiger partial charge in [-0.25, -0.2) is 0 Å². The second-order valence-electron chi connectivity index (χ2n) is 5.00. The van der Waals surface area contributed by atoms with Crippen LogP contribution in [0.3, 0.4) is 0 Å². The number of hydrogen-bond acceptors (Lipinski definition) is 5. The van der Waals surface area contributed by atoms with Crippen molar-refractivity contribution in [1.29, 1.82) is 0 Å². The van der Waals surface area contributed by atoms with Gasteiger partial charge >= 0.3 is 11.9 Å². The summed E-state index contributed by atoms with van der Waals surface area (Å²) in [4.78, 5) is 35.7. The Morgan fingerprint density at radius 2 is 2.10 bits per heavy atom. The summed E-state index contributed by atoms with van der Waals surface area (Å²) in [6, 6.07) is -1.02. The van der Waals surface area contributed by atoms with E-state index in [1.54, 1.807) is 4.90 Å². The fraction of sp³-hybridized carbons (Fsp3) is 0.769. The topological polar surface area (TPSA) is 110 Å². The van der Waals surface area contributed by atoms with Crippen molar-refractivity contribution in [3.63, 3.8) is 0 Å². The van der Waals surface area contributed by atoms with Gasteiger partial charge in [0.15, 0.2) is 0 Å². The lowest BCUT2D eigenvalue weighted by Crippen LogP contribution is -2.51. The van der Waals surface area contributed by atoms with Crippen LogP contribution in [0.2, 0.25) is 0 Å². The number of methoxy groups -OCH3 is 1. The van der Waals surface area contributed by atoms with Gasteiger partial charge in [0.25, 0.3) is 0 Å². The first-order valence-electron chi connectivity index (χ1n) is 6.80. The monoisotopic (exact) mass is 286 g/mol. The van der Waals surface area contributed by atoms with Gasteiger partial charge in [-0.05, 0) is 25.7 Å². The number of amides is 1. The standard InChI is InChI=1S/C13H22N2O5/c1-20-12(18)8-9-4-2-3-7-15(9)13(19)10(14)5-6-11(16)17/h9-10H,2-8,14H2,1H3,(H,16,17). The van der Waals surface area contributed by atoms with Crippen LogP contribution in [-0.4, -0.2) is 53.6 Å². The summed E-state index contributed by atoms with van der Waals surface area (Å²) in [5.74, 6) is -1.60. The Bertz CT molecular complexity index is 372. The zero-order chi connectivity index (χ0) is 15.1. The van der Waals surface area contributed by atoms with E-state index in [1.807, 2.05) is 0 Å². The molecule has 7 heteroatoms. The van der Waals surface area contributed by atoms with Crippen molar-refractivity contribution < 1.29 is 24.2 Å². The van der Waals surface area contributed by atoms with E-state index in [4.69, 9.17) is 10.8 Å². The maximum absolute atomic E-state index is 12.2. The number of piperidine rings is 1. The molecule has 0 aromatic carbocycles. The van der Waals surface area contributed by atoms with Gasteiger partial charge in [-0.3, -0.25) is 14.4 Å². The second-order valence-corrected chi connectivity index (χ2v) is 5.00. The Hall–Kier alpha value is -1.63. The van der Waals surface area contributed by atoms with Crippen LogP contribution >= 0.6 is 0 Å². The van der Waals surface area contributed by atoms with Gasteiger partial charge in [-0.1, -0.05) is 0 Å². The van der Waals surface area contributed by atoms with Crippen molar-refractivity contribution >= 4 is 17.8 Å². The smallest absolute Gasteiger partial charge is 0.307 e. The van der Waals surface area contributed by atoms with Gasteiger partial charge in [-0.2, -0.15) is 0 Å². The van der Waals surface area contributed by atoms with Gasteiger partial charge in [0.2, 0.25) is 5.91 Å². The Morgan fingerprint density at radius 1 is 1.40 bits per heavy atom. The van der Waals surface area contributed by atoms with Crippen LogP contribution in [0.15, 0.2) is 0 Å². The number of nitrogens with zero attached hydrogens (tertiary/aromatic N) is 1. The highest BCUT2D eigenvalue weighted by atomic mass is 16.5. The molecule has 0 bridgehead atoms. The first-order chi connectivity index (χ1) is 9.45. The van der Waals surface area contributed by atoms with Crippen molar-refractivity contribution in [2.45, 2.75) is 50.6 Å². The summed E-state index contributed by atoms with van der Waals surface area (Å²) in [6.45, 7) is 0.557. The molecule has 0 aromatic rings. The van der Waals surface area contributed by atoms with E-state index >= 15 is 0 Å². The van der Waals surface area contributed by atoms with E-state index in [-0.39, 0.29) is 37.2 Å². The molecule has 1 aliphatic rings. The van der Waals surface area contributed by atoms with Crippen molar-refractivity contribution in [2.24, 2.45) is 5.73 Å². The molecule has 1 fully saturated rings. The van der Waals surface area contributed by atoms with Gasteiger partial charge in [0, 0.05) is 19.0 Å². The van der Waals surface area contributed by atoms with Crippen LogP contribution in [0.5, 0.6) is 0 Å². The molecule has 0 aromatic heterocycles. The number of aliphatic carboxylic acids is 1. The molecule has 1 heterocycles. The van der Waals surface area contributed by atoms with Crippen LogP contribution in [0.25, 0.3) is 0 Å². The third kappa shape index (κ3) is 4.80. The summed E-state index contributed by atoms with van der Waals surface area (Å²) >= 11 is 0. The third-order valence-electron chi connectivity index (χ3n) is 3.53. The number of nitrogens with two attached hydrogens (primary N) is 1. The fourth-order valence-electron chi connectivity index (χ4n) is 2.39. The molecule has 0 radical (unpaired) electrons.